The fourth-order valence-corrected chi connectivity index (χ4v) is 4.20. The molecule has 2 aliphatic rings. The van der Waals surface area contributed by atoms with Gasteiger partial charge in [-0.2, -0.15) is 0 Å². The van der Waals surface area contributed by atoms with Gasteiger partial charge in [-0.3, -0.25) is 0 Å². The summed E-state index contributed by atoms with van der Waals surface area (Å²) in [5.74, 6) is 0. The minimum absolute atomic E-state index is 0.203. The van der Waals surface area contributed by atoms with E-state index in [-0.39, 0.29) is 10.8 Å². The monoisotopic (exact) mass is 238 g/mol. The maximum atomic E-state index is 11.0. The van der Waals surface area contributed by atoms with Crippen molar-refractivity contribution < 1.29 is 9.84 Å². The zero-order valence-electron chi connectivity index (χ0n) is 11.7. The van der Waals surface area contributed by atoms with Crippen molar-refractivity contribution in [3.8, 4) is 0 Å². The quantitative estimate of drug-likeness (QED) is 0.755. The van der Waals surface area contributed by atoms with E-state index in [9.17, 15) is 5.11 Å². The molecular weight excluding hydrogens is 212 g/mol. The summed E-state index contributed by atoms with van der Waals surface area (Å²) in [6.07, 6.45) is 6.74. The van der Waals surface area contributed by atoms with Crippen LogP contribution in [0.2, 0.25) is 0 Å². The second-order valence-corrected chi connectivity index (χ2v) is 7.51. The highest BCUT2D eigenvalue weighted by atomic mass is 16.5. The Morgan fingerprint density at radius 2 is 1.65 bits per heavy atom. The molecule has 17 heavy (non-hydrogen) atoms. The average Bonchev–Trinajstić information content (AvgIpc) is 2.13. The number of hydrogen-bond acceptors (Lipinski definition) is 2. The lowest BCUT2D eigenvalue weighted by atomic mass is 9.58. The van der Waals surface area contributed by atoms with E-state index in [0.29, 0.717) is 0 Å². The molecule has 98 valence electrons. The van der Waals surface area contributed by atoms with Crippen molar-refractivity contribution in [2.45, 2.75) is 65.4 Å². The van der Waals surface area contributed by atoms with Crippen LogP contribution < -0.4 is 0 Å². The highest BCUT2D eigenvalue weighted by Gasteiger charge is 2.48. The van der Waals surface area contributed by atoms with Gasteiger partial charge in [0.05, 0.1) is 18.5 Å². The lowest BCUT2D eigenvalue weighted by Crippen LogP contribution is -2.47. The van der Waals surface area contributed by atoms with Crippen LogP contribution in [0.5, 0.6) is 0 Å². The van der Waals surface area contributed by atoms with Crippen LogP contribution in [0.4, 0.5) is 0 Å². The van der Waals surface area contributed by atoms with Gasteiger partial charge in [0.25, 0.3) is 0 Å². The van der Waals surface area contributed by atoms with Crippen LogP contribution in [0.3, 0.4) is 0 Å². The van der Waals surface area contributed by atoms with Crippen LogP contribution in [-0.2, 0) is 4.74 Å². The normalized spacial score (nSPS) is 30.3. The zero-order valence-corrected chi connectivity index (χ0v) is 11.7. The topological polar surface area (TPSA) is 29.5 Å². The third kappa shape index (κ3) is 2.85. The number of hydrogen-bond donors (Lipinski definition) is 1. The summed E-state index contributed by atoms with van der Waals surface area (Å²) in [7, 11) is 0. The smallest absolute Gasteiger partial charge is 0.0899 e. The van der Waals surface area contributed by atoms with Crippen LogP contribution in [0, 0.1) is 10.8 Å². The molecule has 1 aliphatic heterocycles. The number of aliphatic hydroxyl groups is 1. The molecule has 1 heterocycles. The molecule has 0 aromatic carbocycles. The Balaban J connectivity index is 2.26. The first-order valence-corrected chi connectivity index (χ1v) is 6.76. The predicted molar refractivity (Wildman–Crippen MR) is 69.6 cm³/mol. The van der Waals surface area contributed by atoms with Crippen molar-refractivity contribution in [1.29, 1.82) is 0 Å². The Labute approximate surface area is 105 Å². The zero-order chi connectivity index (χ0) is 12.7. The van der Waals surface area contributed by atoms with E-state index in [1.54, 1.807) is 0 Å². The average molecular weight is 238 g/mol. The summed E-state index contributed by atoms with van der Waals surface area (Å²) in [4.78, 5) is 0. The SMILES string of the molecule is CC1(C)CC(C)(C)CC(O)(C2=COCCC2)C1. The highest BCUT2D eigenvalue weighted by Crippen LogP contribution is 2.53. The van der Waals surface area contributed by atoms with Gasteiger partial charge in [-0.05, 0) is 48.5 Å². The summed E-state index contributed by atoms with van der Waals surface area (Å²) in [6, 6.07) is 0. The molecule has 0 radical (unpaired) electrons. The molecule has 1 aliphatic carbocycles. The molecule has 0 atom stereocenters. The fraction of sp³-hybridized carbons (Fsp3) is 0.867. The van der Waals surface area contributed by atoms with Crippen molar-refractivity contribution >= 4 is 0 Å². The van der Waals surface area contributed by atoms with Gasteiger partial charge in [-0.15, -0.1) is 0 Å². The third-order valence-electron chi connectivity index (χ3n) is 4.03. The summed E-state index contributed by atoms with van der Waals surface area (Å²) >= 11 is 0. The van der Waals surface area contributed by atoms with Gasteiger partial charge in [0.15, 0.2) is 0 Å². The summed E-state index contributed by atoms with van der Waals surface area (Å²) < 4.78 is 5.41. The first-order valence-electron chi connectivity index (χ1n) is 6.76. The van der Waals surface area contributed by atoms with Crippen LogP contribution in [-0.4, -0.2) is 17.3 Å². The van der Waals surface area contributed by atoms with Crippen LogP contribution in [0.1, 0.15) is 59.8 Å². The molecule has 0 aromatic heterocycles. The Kier molecular flexibility index (Phi) is 3.05. The van der Waals surface area contributed by atoms with Gasteiger partial charge < -0.3 is 9.84 Å². The highest BCUT2D eigenvalue weighted by molar-refractivity contribution is 5.20. The Hall–Kier alpha value is -0.500. The maximum Gasteiger partial charge on any atom is 0.0899 e. The summed E-state index contributed by atoms with van der Waals surface area (Å²) in [6.45, 7) is 9.87. The van der Waals surface area contributed by atoms with E-state index >= 15 is 0 Å². The second-order valence-electron chi connectivity index (χ2n) is 7.51. The van der Waals surface area contributed by atoms with E-state index in [1.807, 2.05) is 6.26 Å². The molecule has 2 heteroatoms. The van der Waals surface area contributed by atoms with Gasteiger partial charge in [0.2, 0.25) is 0 Å². The van der Waals surface area contributed by atoms with Crippen molar-refractivity contribution in [2.75, 3.05) is 6.61 Å². The Morgan fingerprint density at radius 1 is 1.06 bits per heavy atom. The lowest BCUT2D eigenvalue weighted by molar-refractivity contribution is -0.0662. The van der Waals surface area contributed by atoms with Gasteiger partial charge in [-0.1, -0.05) is 27.7 Å². The van der Waals surface area contributed by atoms with Crippen molar-refractivity contribution in [3.63, 3.8) is 0 Å². The van der Waals surface area contributed by atoms with Crippen molar-refractivity contribution in [3.05, 3.63) is 11.8 Å². The molecular formula is C15H26O2. The van der Waals surface area contributed by atoms with E-state index in [4.69, 9.17) is 4.74 Å². The second kappa shape index (κ2) is 4.01. The lowest BCUT2D eigenvalue weighted by Gasteiger charge is -2.50. The minimum Gasteiger partial charge on any atom is -0.501 e. The summed E-state index contributed by atoms with van der Waals surface area (Å²) in [5, 5.41) is 11.0. The van der Waals surface area contributed by atoms with Gasteiger partial charge >= 0.3 is 0 Å². The molecule has 0 aromatic rings. The molecule has 0 spiro atoms. The Morgan fingerprint density at radius 3 is 2.12 bits per heavy atom. The maximum absolute atomic E-state index is 11.0. The molecule has 1 fully saturated rings. The molecule has 0 amide bonds. The molecule has 2 rings (SSSR count). The fourth-order valence-electron chi connectivity index (χ4n) is 4.20. The minimum atomic E-state index is -0.647. The molecule has 1 N–H and O–H groups in total. The molecule has 0 unspecified atom stereocenters. The van der Waals surface area contributed by atoms with Crippen LogP contribution >= 0.6 is 0 Å². The van der Waals surface area contributed by atoms with Crippen molar-refractivity contribution in [1.82, 2.24) is 0 Å². The number of rotatable bonds is 1. The number of ether oxygens (including phenoxy) is 1. The standard InChI is InChI=1S/C15H26O2/c1-13(2)9-14(3,4)11-15(16,10-13)12-6-5-7-17-8-12/h8,16H,5-7,9-11H2,1-4H3. The summed E-state index contributed by atoms with van der Waals surface area (Å²) in [5.41, 5.74) is 0.875. The van der Waals surface area contributed by atoms with E-state index in [2.05, 4.69) is 27.7 Å². The van der Waals surface area contributed by atoms with Gasteiger partial charge in [-0.25, -0.2) is 0 Å². The first-order chi connectivity index (χ1) is 7.73. The molecule has 2 nitrogen and oxygen atoms in total. The predicted octanol–water partition coefficient (Wildman–Crippen LogP) is 3.65. The molecule has 0 bridgehead atoms. The Bertz CT molecular complexity index is 310. The van der Waals surface area contributed by atoms with Crippen LogP contribution in [0.25, 0.3) is 0 Å². The van der Waals surface area contributed by atoms with E-state index in [0.717, 1.165) is 37.9 Å². The van der Waals surface area contributed by atoms with E-state index in [1.165, 1.54) is 6.42 Å². The van der Waals surface area contributed by atoms with E-state index < -0.39 is 5.60 Å². The van der Waals surface area contributed by atoms with Gasteiger partial charge in [0, 0.05) is 0 Å². The van der Waals surface area contributed by atoms with Gasteiger partial charge in [0.1, 0.15) is 0 Å². The third-order valence-corrected chi connectivity index (χ3v) is 4.03. The molecule has 1 saturated carbocycles. The van der Waals surface area contributed by atoms with Crippen LogP contribution in [0.15, 0.2) is 11.8 Å². The first kappa shape index (κ1) is 12.9. The molecule has 0 saturated heterocycles. The van der Waals surface area contributed by atoms with Crippen molar-refractivity contribution in [2.24, 2.45) is 10.8 Å². The largest absolute Gasteiger partial charge is 0.501 e.